The number of imide groups is 2. The summed E-state index contributed by atoms with van der Waals surface area (Å²) in [5.41, 5.74) is 0.668. The Balaban J connectivity index is 1.91. The van der Waals surface area contributed by atoms with Crippen molar-refractivity contribution in [2.24, 2.45) is 0 Å². The van der Waals surface area contributed by atoms with Crippen LogP contribution in [0.25, 0.3) is 17.4 Å². The van der Waals surface area contributed by atoms with Gasteiger partial charge in [-0.1, -0.05) is 28.1 Å². The molecule has 4 amide bonds. The van der Waals surface area contributed by atoms with E-state index in [0.29, 0.717) is 11.5 Å². The van der Waals surface area contributed by atoms with Crippen LogP contribution in [0.2, 0.25) is 0 Å². The standard InChI is InChI=1S/C15H9BrN2O4/c16-9-3-1-2-8(6-9)12-5-4-10(22-12)7-11-13(19)17-15(21)18-14(11)20/h1-7H,(H2,17,18,19,20,21). The summed E-state index contributed by atoms with van der Waals surface area (Å²) in [5.74, 6) is -0.575. The SMILES string of the molecule is O=C1NC(=O)C(=Cc2ccc(-c3cccc(Br)c3)o2)C(=O)N1. The minimum Gasteiger partial charge on any atom is -0.457 e. The zero-order chi connectivity index (χ0) is 15.7. The highest BCUT2D eigenvalue weighted by molar-refractivity contribution is 9.10. The van der Waals surface area contributed by atoms with Gasteiger partial charge in [-0.3, -0.25) is 20.2 Å². The summed E-state index contributed by atoms with van der Waals surface area (Å²) in [7, 11) is 0. The monoisotopic (exact) mass is 360 g/mol. The van der Waals surface area contributed by atoms with Gasteiger partial charge in [0.25, 0.3) is 11.8 Å². The number of carbonyl (C=O) groups is 3. The van der Waals surface area contributed by atoms with Crippen molar-refractivity contribution in [3.8, 4) is 11.3 Å². The Labute approximate surface area is 133 Å². The Hall–Kier alpha value is -2.67. The van der Waals surface area contributed by atoms with Crippen LogP contribution in [0.15, 0.2) is 50.9 Å². The number of amides is 4. The molecule has 1 fully saturated rings. The van der Waals surface area contributed by atoms with Crippen LogP contribution in [0.4, 0.5) is 4.79 Å². The Kier molecular flexibility index (Phi) is 3.64. The zero-order valence-corrected chi connectivity index (χ0v) is 12.6. The fourth-order valence-electron chi connectivity index (χ4n) is 1.98. The molecule has 1 aliphatic rings. The minimum absolute atomic E-state index is 0.185. The van der Waals surface area contributed by atoms with Crippen LogP contribution in [-0.2, 0) is 9.59 Å². The maximum Gasteiger partial charge on any atom is 0.328 e. The summed E-state index contributed by atoms with van der Waals surface area (Å²) >= 11 is 3.38. The third-order valence-corrected chi connectivity index (χ3v) is 3.46. The molecular weight excluding hydrogens is 352 g/mol. The smallest absolute Gasteiger partial charge is 0.328 e. The largest absolute Gasteiger partial charge is 0.457 e. The topological polar surface area (TPSA) is 88.4 Å². The van der Waals surface area contributed by atoms with Crippen LogP contribution >= 0.6 is 15.9 Å². The molecule has 2 N–H and O–H groups in total. The van der Waals surface area contributed by atoms with Crippen molar-refractivity contribution >= 4 is 39.9 Å². The lowest BCUT2D eigenvalue weighted by molar-refractivity contribution is -0.123. The molecule has 0 radical (unpaired) electrons. The number of halogens is 1. The molecule has 2 heterocycles. The summed E-state index contributed by atoms with van der Waals surface area (Å²) in [6.45, 7) is 0. The number of nitrogens with one attached hydrogen (secondary N) is 2. The van der Waals surface area contributed by atoms with E-state index < -0.39 is 17.8 Å². The lowest BCUT2D eigenvalue weighted by Gasteiger charge is -2.13. The van der Waals surface area contributed by atoms with Gasteiger partial charge in [0.15, 0.2) is 0 Å². The first kappa shape index (κ1) is 14.3. The van der Waals surface area contributed by atoms with E-state index in [1.54, 1.807) is 12.1 Å². The quantitative estimate of drug-likeness (QED) is 0.635. The van der Waals surface area contributed by atoms with E-state index >= 15 is 0 Å². The van der Waals surface area contributed by atoms with Crippen LogP contribution in [0.3, 0.4) is 0 Å². The molecule has 0 unspecified atom stereocenters. The summed E-state index contributed by atoms with van der Waals surface area (Å²) in [6.07, 6.45) is 1.29. The van der Waals surface area contributed by atoms with Gasteiger partial charge in [-0.05, 0) is 30.3 Å². The van der Waals surface area contributed by atoms with Gasteiger partial charge in [0.1, 0.15) is 17.1 Å². The summed E-state index contributed by atoms with van der Waals surface area (Å²) < 4.78 is 6.52. The molecule has 1 saturated heterocycles. The molecule has 0 aliphatic carbocycles. The highest BCUT2D eigenvalue weighted by Gasteiger charge is 2.28. The highest BCUT2D eigenvalue weighted by Crippen LogP contribution is 2.26. The van der Waals surface area contributed by atoms with E-state index in [1.165, 1.54) is 6.08 Å². The normalized spacial score (nSPS) is 14.6. The molecule has 1 aromatic carbocycles. The molecule has 22 heavy (non-hydrogen) atoms. The fraction of sp³-hybridized carbons (Fsp3) is 0. The van der Waals surface area contributed by atoms with E-state index in [0.717, 1.165) is 10.0 Å². The van der Waals surface area contributed by atoms with E-state index in [1.807, 2.05) is 34.9 Å². The van der Waals surface area contributed by atoms with Gasteiger partial charge in [-0.2, -0.15) is 0 Å². The first-order chi connectivity index (χ1) is 10.5. The molecule has 0 atom stereocenters. The van der Waals surface area contributed by atoms with Crippen molar-refractivity contribution in [2.45, 2.75) is 0 Å². The molecule has 0 bridgehead atoms. The number of benzene rings is 1. The van der Waals surface area contributed by atoms with Crippen molar-refractivity contribution < 1.29 is 18.8 Å². The van der Waals surface area contributed by atoms with Crippen molar-refractivity contribution in [2.75, 3.05) is 0 Å². The Bertz CT molecular complexity index is 800. The second-order valence-corrected chi connectivity index (χ2v) is 5.42. The predicted molar refractivity (Wildman–Crippen MR) is 81.5 cm³/mol. The highest BCUT2D eigenvalue weighted by atomic mass is 79.9. The van der Waals surface area contributed by atoms with Crippen molar-refractivity contribution in [3.05, 3.63) is 52.2 Å². The second kappa shape index (κ2) is 5.61. The average Bonchev–Trinajstić information content (AvgIpc) is 2.91. The summed E-state index contributed by atoms with van der Waals surface area (Å²) in [4.78, 5) is 34.2. The van der Waals surface area contributed by atoms with Gasteiger partial charge in [0.2, 0.25) is 0 Å². The molecule has 110 valence electrons. The maximum atomic E-state index is 11.6. The molecule has 6 nitrogen and oxygen atoms in total. The first-order valence-corrected chi connectivity index (χ1v) is 7.06. The number of barbiturate groups is 1. The molecule has 1 aliphatic heterocycles. The Morgan fingerprint density at radius 3 is 2.41 bits per heavy atom. The molecule has 2 aromatic rings. The molecule has 1 aromatic heterocycles. The van der Waals surface area contributed by atoms with E-state index in [-0.39, 0.29) is 5.57 Å². The zero-order valence-electron chi connectivity index (χ0n) is 11.1. The van der Waals surface area contributed by atoms with Gasteiger partial charge in [0.05, 0.1) is 0 Å². The number of furan rings is 1. The van der Waals surface area contributed by atoms with E-state index in [4.69, 9.17) is 4.42 Å². The second-order valence-electron chi connectivity index (χ2n) is 4.51. The molecular formula is C15H9BrN2O4. The predicted octanol–water partition coefficient (Wildman–Crippen LogP) is 2.46. The average molecular weight is 361 g/mol. The lowest BCUT2D eigenvalue weighted by atomic mass is 10.1. The lowest BCUT2D eigenvalue weighted by Crippen LogP contribution is -2.51. The molecule has 7 heteroatoms. The van der Waals surface area contributed by atoms with Crippen LogP contribution in [-0.4, -0.2) is 17.8 Å². The summed E-state index contributed by atoms with van der Waals surface area (Å²) in [6, 6.07) is 10.1. The maximum absolute atomic E-state index is 11.6. The fourth-order valence-corrected chi connectivity index (χ4v) is 2.38. The number of rotatable bonds is 2. The molecule has 0 spiro atoms. The van der Waals surface area contributed by atoms with E-state index in [9.17, 15) is 14.4 Å². The number of hydrogen-bond acceptors (Lipinski definition) is 4. The molecule has 3 rings (SSSR count). The Morgan fingerprint density at radius 1 is 1.00 bits per heavy atom. The van der Waals surface area contributed by atoms with Gasteiger partial charge in [-0.15, -0.1) is 0 Å². The van der Waals surface area contributed by atoms with Crippen LogP contribution in [0.1, 0.15) is 5.76 Å². The van der Waals surface area contributed by atoms with Crippen molar-refractivity contribution in [1.82, 2.24) is 10.6 Å². The third-order valence-electron chi connectivity index (χ3n) is 2.97. The van der Waals surface area contributed by atoms with Gasteiger partial charge < -0.3 is 4.42 Å². The van der Waals surface area contributed by atoms with Gasteiger partial charge in [0, 0.05) is 10.0 Å². The molecule has 0 saturated carbocycles. The van der Waals surface area contributed by atoms with Crippen molar-refractivity contribution in [1.29, 1.82) is 0 Å². The van der Waals surface area contributed by atoms with Crippen LogP contribution in [0.5, 0.6) is 0 Å². The van der Waals surface area contributed by atoms with E-state index in [2.05, 4.69) is 15.9 Å². The number of carbonyl (C=O) groups excluding carboxylic acids is 3. The van der Waals surface area contributed by atoms with Gasteiger partial charge >= 0.3 is 6.03 Å². The summed E-state index contributed by atoms with van der Waals surface area (Å²) in [5, 5.41) is 4.00. The third kappa shape index (κ3) is 2.84. The first-order valence-electron chi connectivity index (χ1n) is 6.27. The van der Waals surface area contributed by atoms with Crippen molar-refractivity contribution in [3.63, 3.8) is 0 Å². The Morgan fingerprint density at radius 2 is 1.73 bits per heavy atom. The van der Waals surface area contributed by atoms with Crippen LogP contribution < -0.4 is 10.6 Å². The number of urea groups is 1. The minimum atomic E-state index is -0.832. The van der Waals surface area contributed by atoms with Gasteiger partial charge in [-0.25, -0.2) is 4.79 Å². The number of hydrogen-bond donors (Lipinski definition) is 2. The van der Waals surface area contributed by atoms with Crippen LogP contribution in [0, 0.1) is 0 Å².